The van der Waals surface area contributed by atoms with E-state index >= 15 is 0 Å². The van der Waals surface area contributed by atoms with E-state index in [0.717, 1.165) is 22.8 Å². The van der Waals surface area contributed by atoms with Crippen molar-refractivity contribution < 1.29 is 4.79 Å². The van der Waals surface area contributed by atoms with Crippen molar-refractivity contribution in [2.24, 2.45) is 0 Å². The number of nitrogens with one attached hydrogen (secondary N) is 1. The molecular formula is C18H16N2O. The summed E-state index contributed by atoms with van der Waals surface area (Å²) in [7, 11) is 0. The standard InChI is InChI=1S/C18H16N2O/c1-18(2,11-19)20-17(21)15-10-9-13-6-3-5-12-7-4-8-14(15)16(12)13/h3-6,8-10H,7H2,1-2H3,(H,20,21). The highest BCUT2D eigenvalue weighted by Gasteiger charge is 2.23. The Kier molecular flexibility index (Phi) is 3.03. The summed E-state index contributed by atoms with van der Waals surface area (Å²) in [6.45, 7) is 3.39. The molecule has 1 N–H and O–H groups in total. The van der Waals surface area contributed by atoms with Crippen molar-refractivity contribution in [3.05, 3.63) is 53.1 Å². The average Bonchev–Trinajstić information content (AvgIpc) is 2.48. The normalized spacial score (nSPS) is 13.0. The van der Waals surface area contributed by atoms with Crippen molar-refractivity contribution in [1.82, 2.24) is 5.32 Å². The fraction of sp³-hybridized carbons (Fsp3) is 0.222. The fourth-order valence-electron chi connectivity index (χ4n) is 2.71. The predicted octanol–water partition coefficient (Wildman–Crippen LogP) is 3.44. The van der Waals surface area contributed by atoms with Crippen LogP contribution >= 0.6 is 0 Å². The fourth-order valence-corrected chi connectivity index (χ4v) is 2.71. The Hall–Kier alpha value is -2.60. The number of amides is 1. The number of allylic oxidation sites excluding steroid dienone is 1. The summed E-state index contributed by atoms with van der Waals surface area (Å²) in [5.41, 5.74) is 1.92. The minimum Gasteiger partial charge on any atom is -0.334 e. The first-order valence-electron chi connectivity index (χ1n) is 6.97. The first kappa shape index (κ1) is 13.4. The van der Waals surface area contributed by atoms with Gasteiger partial charge in [0.25, 0.3) is 5.91 Å². The van der Waals surface area contributed by atoms with Gasteiger partial charge < -0.3 is 5.32 Å². The molecule has 0 saturated heterocycles. The molecule has 1 aliphatic carbocycles. The zero-order valence-electron chi connectivity index (χ0n) is 12.1. The van der Waals surface area contributed by atoms with Crippen LogP contribution in [0.3, 0.4) is 0 Å². The second-order valence-electron chi connectivity index (χ2n) is 5.84. The van der Waals surface area contributed by atoms with Crippen LogP contribution in [0.1, 0.15) is 35.3 Å². The lowest BCUT2D eigenvalue weighted by Gasteiger charge is -2.20. The van der Waals surface area contributed by atoms with Gasteiger partial charge in [-0.25, -0.2) is 0 Å². The lowest BCUT2D eigenvalue weighted by Crippen LogP contribution is -2.42. The third-order valence-corrected chi connectivity index (χ3v) is 3.74. The summed E-state index contributed by atoms with van der Waals surface area (Å²) in [5.74, 6) is -0.209. The Morgan fingerprint density at radius 2 is 2.10 bits per heavy atom. The SMILES string of the molecule is CC(C)(C#N)NC(=O)c1ccc2cccc3c2c1C=CC3. The predicted molar refractivity (Wildman–Crippen MR) is 83.8 cm³/mol. The molecule has 0 radical (unpaired) electrons. The van der Waals surface area contributed by atoms with Crippen LogP contribution in [-0.2, 0) is 6.42 Å². The second kappa shape index (κ2) is 4.75. The Morgan fingerprint density at radius 3 is 2.86 bits per heavy atom. The third kappa shape index (κ3) is 2.30. The van der Waals surface area contributed by atoms with E-state index in [2.05, 4.69) is 29.6 Å². The first-order valence-corrected chi connectivity index (χ1v) is 6.97. The Labute approximate surface area is 123 Å². The van der Waals surface area contributed by atoms with Gasteiger partial charge >= 0.3 is 0 Å². The van der Waals surface area contributed by atoms with Crippen molar-refractivity contribution in [2.45, 2.75) is 25.8 Å². The average molecular weight is 276 g/mol. The van der Waals surface area contributed by atoms with Gasteiger partial charge in [-0.2, -0.15) is 5.26 Å². The summed E-state index contributed by atoms with van der Waals surface area (Å²) in [5, 5.41) is 14.1. The molecule has 0 heterocycles. The van der Waals surface area contributed by atoms with Gasteiger partial charge in [0.1, 0.15) is 5.54 Å². The molecule has 0 spiro atoms. The number of hydrogen-bond donors (Lipinski definition) is 1. The smallest absolute Gasteiger partial charge is 0.253 e. The highest BCUT2D eigenvalue weighted by Crippen LogP contribution is 2.31. The molecule has 2 aromatic carbocycles. The molecule has 0 aromatic heterocycles. The molecule has 104 valence electrons. The number of carbonyl (C=O) groups is 1. The van der Waals surface area contributed by atoms with Gasteiger partial charge in [0.05, 0.1) is 6.07 Å². The Morgan fingerprint density at radius 1 is 1.29 bits per heavy atom. The van der Waals surface area contributed by atoms with E-state index in [4.69, 9.17) is 5.26 Å². The highest BCUT2D eigenvalue weighted by atomic mass is 16.1. The summed E-state index contributed by atoms with van der Waals surface area (Å²) in [6, 6.07) is 12.1. The van der Waals surface area contributed by atoms with Gasteiger partial charge in [-0.1, -0.05) is 36.4 Å². The van der Waals surface area contributed by atoms with Crippen molar-refractivity contribution >= 4 is 22.8 Å². The summed E-state index contributed by atoms with van der Waals surface area (Å²) in [4.78, 5) is 12.5. The monoisotopic (exact) mass is 276 g/mol. The van der Waals surface area contributed by atoms with E-state index in [9.17, 15) is 4.79 Å². The molecule has 3 nitrogen and oxygen atoms in total. The zero-order valence-corrected chi connectivity index (χ0v) is 12.1. The minimum absolute atomic E-state index is 0.209. The molecule has 0 aliphatic heterocycles. The number of carbonyl (C=O) groups excluding carboxylic acids is 1. The van der Waals surface area contributed by atoms with Gasteiger partial charge in [0, 0.05) is 5.56 Å². The Bertz CT molecular complexity index is 810. The van der Waals surface area contributed by atoms with Crippen LogP contribution < -0.4 is 5.32 Å². The molecule has 21 heavy (non-hydrogen) atoms. The quantitative estimate of drug-likeness (QED) is 0.913. The molecule has 1 aliphatic rings. The van der Waals surface area contributed by atoms with Crippen LogP contribution in [0.2, 0.25) is 0 Å². The van der Waals surface area contributed by atoms with Crippen LogP contribution in [-0.4, -0.2) is 11.4 Å². The maximum absolute atomic E-state index is 12.5. The largest absolute Gasteiger partial charge is 0.334 e. The molecule has 2 aromatic rings. The number of nitrogens with zero attached hydrogens (tertiary/aromatic N) is 1. The van der Waals surface area contributed by atoms with Crippen LogP contribution in [0.15, 0.2) is 36.4 Å². The Balaban J connectivity index is 2.14. The molecule has 0 atom stereocenters. The van der Waals surface area contributed by atoms with Crippen molar-refractivity contribution in [3.63, 3.8) is 0 Å². The maximum atomic E-state index is 12.5. The topological polar surface area (TPSA) is 52.9 Å². The van der Waals surface area contributed by atoms with E-state index in [1.54, 1.807) is 13.8 Å². The van der Waals surface area contributed by atoms with E-state index in [0.29, 0.717) is 5.56 Å². The van der Waals surface area contributed by atoms with E-state index in [1.807, 2.05) is 24.3 Å². The highest BCUT2D eigenvalue weighted by molar-refractivity contribution is 6.07. The lowest BCUT2D eigenvalue weighted by molar-refractivity contribution is 0.0929. The van der Waals surface area contributed by atoms with Crippen molar-refractivity contribution in [1.29, 1.82) is 5.26 Å². The van der Waals surface area contributed by atoms with Gasteiger partial charge in [-0.15, -0.1) is 0 Å². The van der Waals surface area contributed by atoms with Gasteiger partial charge in [0.2, 0.25) is 0 Å². The van der Waals surface area contributed by atoms with Gasteiger partial charge in [0.15, 0.2) is 0 Å². The molecular weight excluding hydrogens is 260 g/mol. The third-order valence-electron chi connectivity index (χ3n) is 3.74. The first-order chi connectivity index (χ1) is 10.0. The molecule has 0 fully saturated rings. The minimum atomic E-state index is -0.878. The molecule has 0 bridgehead atoms. The molecule has 0 unspecified atom stereocenters. The molecule has 3 heteroatoms. The van der Waals surface area contributed by atoms with Gasteiger partial charge in [-0.05, 0) is 48.2 Å². The van der Waals surface area contributed by atoms with E-state index in [-0.39, 0.29) is 5.91 Å². The van der Waals surface area contributed by atoms with Gasteiger partial charge in [-0.3, -0.25) is 4.79 Å². The molecule has 1 amide bonds. The zero-order chi connectivity index (χ0) is 15.0. The maximum Gasteiger partial charge on any atom is 0.253 e. The lowest BCUT2D eigenvalue weighted by atomic mass is 9.89. The van der Waals surface area contributed by atoms with Crippen LogP contribution in [0, 0.1) is 11.3 Å². The van der Waals surface area contributed by atoms with Crippen molar-refractivity contribution in [3.8, 4) is 6.07 Å². The van der Waals surface area contributed by atoms with E-state index < -0.39 is 5.54 Å². The van der Waals surface area contributed by atoms with Crippen molar-refractivity contribution in [2.75, 3.05) is 0 Å². The van der Waals surface area contributed by atoms with Crippen LogP contribution in [0.5, 0.6) is 0 Å². The molecule has 3 rings (SSSR count). The number of benzene rings is 2. The molecule has 0 saturated carbocycles. The van der Waals surface area contributed by atoms with Crippen LogP contribution in [0.25, 0.3) is 16.8 Å². The number of nitriles is 1. The van der Waals surface area contributed by atoms with E-state index in [1.165, 1.54) is 5.56 Å². The van der Waals surface area contributed by atoms with Crippen LogP contribution in [0.4, 0.5) is 0 Å². The number of rotatable bonds is 2. The summed E-state index contributed by atoms with van der Waals surface area (Å²) >= 11 is 0. The number of hydrogen-bond acceptors (Lipinski definition) is 2. The summed E-state index contributed by atoms with van der Waals surface area (Å²) in [6.07, 6.45) is 4.96. The summed E-state index contributed by atoms with van der Waals surface area (Å²) < 4.78 is 0. The second-order valence-corrected chi connectivity index (χ2v) is 5.84.